The Kier molecular flexibility index (Phi) is 2.79. The summed E-state index contributed by atoms with van der Waals surface area (Å²) in [6, 6.07) is 19.0. The predicted octanol–water partition coefficient (Wildman–Crippen LogP) is 3.97. The van der Waals surface area contributed by atoms with E-state index in [0.717, 1.165) is 23.8 Å². The van der Waals surface area contributed by atoms with Crippen molar-refractivity contribution in [2.75, 3.05) is 0 Å². The first kappa shape index (κ1) is 12.5. The number of hydrogen-bond donors (Lipinski definition) is 1. The van der Waals surface area contributed by atoms with Crippen LogP contribution in [0.3, 0.4) is 0 Å². The molecule has 1 aromatic heterocycles. The van der Waals surface area contributed by atoms with Gasteiger partial charge in [0.05, 0.1) is 0 Å². The lowest BCUT2D eigenvalue weighted by Gasteiger charge is -2.25. The lowest BCUT2D eigenvalue weighted by atomic mass is 9.83. The first-order valence-electron chi connectivity index (χ1n) is 7.45. The van der Waals surface area contributed by atoms with E-state index >= 15 is 0 Å². The summed E-state index contributed by atoms with van der Waals surface area (Å²) < 4.78 is 0. The van der Waals surface area contributed by atoms with Gasteiger partial charge >= 0.3 is 0 Å². The summed E-state index contributed by atoms with van der Waals surface area (Å²) in [5.41, 5.74) is 9.30. The van der Waals surface area contributed by atoms with Crippen LogP contribution in [0.25, 0.3) is 10.8 Å². The molecule has 3 aromatic rings. The van der Waals surface area contributed by atoms with Crippen LogP contribution in [0.1, 0.15) is 30.0 Å². The monoisotopic (exact) mass is 274 g/mol. The molecule has 1 atom stereocenters. The van der Waals surface area contributed by atoms with Gasteiger partial charge in [0.1, 0.15) is 0 Å². The molecule has 0 radical (unpaired) electrons. The molecule has 1 aliphatic rings. The quantitative estimate of drug-likeness (QED) is 0.785. The second-order valence-electron chi connectivity index (χ2n) is 5.95. The fourth-order valence-corrected chi connectivity index (χ4v) is 3.37. The van der Waals surface area contributed by atoms with Gasteiger partial charge in [0, 0.05) is 29.2 Å². The molecule has 2 heteroatoms. The minimum Gasteiger partial charge on any atom is -0.323 e. The van der Waals surface area contributed by atoms with Crippen molar-refractivity contribution < 1.29 is 0 Å². The average molecular weight is 274 g/mol. The summed E-state index contributed by atoms with van der Waals surface area (Å²) in [4.78, 5) is 4.39. The molecule has 1 aliphatic carbocycles. The van der Waals surface area contributed by atoms with E-state index in [1.54, 1.807) is 0 Å². The number of nitrogens with two attached hydrogens (primary N) is 1. The highest BCUT2D eigenvalue weighted by atomic mass is 14.8. The molecule has 104 valence electrons. The van der Waals surface area contributed by atoms with Crippen LogP contribution in [0, 0.1) is 0 Å². The van der Waals surface area contributed by atoms with Crippen LogP contribution in [0.4, 0.5) is 0 Å². The summed E-state index contributed by atoms with van der Waals surface area (Å²) in [5, 5.41) is 2.39. The zero-order valence-corrected chi connectivity index (χ0v) is 11.9. The van der Waals surface area contributed by atoms with Crippen LogP contribution in [-0.2, 0) is 5.41 Å². The third kappa shape index (κ3) is 1.95. The fourth-order valence-electron chi connectivity index (χ4n) is 3.37. The molecule has 1 unspecified atom stereocenters. The summed E-state index contributed by atoms with van der Waals surface area (Å²) in [6.07, 6.45) is 6.16. The van der Waals surface area contributed by atoms with Crippen molar-refractivity contribution in [2.45, 2.75) is 24.3 Å². The van der Waals surface area contributed by atoms with Gasteiger partial charge in [-0.1, -0.05) is 54.6 Å². The maximum atomic E-state index is 6.69. The van der Waals surface area contributed by atoms with Crippen LogP contribution in [-0.4, -0.2) is 4.98 Å². The Morgan fingerprint density at radius 1 is 0.905 bits per heavy atom. The normalized spacial score (nSPS) is 17.6. The Hall–Kier alpha value is -2.19. The highest BCUT2D eigenvalue weighted by Gasteiger charge is 2.50. The zero-order valence-electron chi connectivity index (χ0n) is 11.9. The third-order valence-electron chi connectivity index (χ3n) is 4.77. The number of hydrogen-bond acceptors (Lipinski definition) is 2. The van der Waals surface area contributed by atoms with Gasteiger partial charge in [-0.15, -0.1) is 0 Å². The van der Waals surface area contributed by atoms with Crippen LogP contribution < -0.4 is 5.73 Å². The van der Waals surface area contributed by atoms with E-state index < -0.39 is 0 Å². The molecule has 0 spiro atoms. The van der Waals surface area contributed by atoms with Gasteiger partial charge in [-0.3, -0.25) is 4.98 Å². The van der Waals surface area contributed by atoms with Gasteiger partial charge in [-0.25, -0.2) is 0 Å². The molecular weight excluding hydrogens is 256 g/mol. The Balaban J connectivity index is 1.83. The molecule has 0 saturated heterocycles. The van der Waals surface area contributed by atoms with Crippen molar-refractivity contribution >= 4 is 10.8 Å². The van der Waals surface area contributed by atoms with E-state index in [0.29, 0.717) is 0 Å². The second kappa shape index (κ2) is 4.68. The van der Waals surface area contributed by atoms with Crippen LogP contribution in [0.15, 0.2) is 67.0 Å². The van der Waals surface area contributed by atoms with Crippen molar-refractivity contribution in [3.63, 3.8) is 0 Å². The molecule has 0 aliphatic heterocycles. The zero-order chi connectivity index (χ0) is 14.3. The highest BCUT2D eigenvalue weighted by molar-refractivity contribution is 5.85. The van der Waals surface area contributed by atoms with Crippen LogP contribution >= 0.6 is 0 Å². The second-order valence-corrected chi connectivity index (χ2v) is 5.95. The molecule has 2 N–H and O–H groups in total. The minimum absolute atomic E-state index is 0.00139. The maximum Gasteiger partial charge on any atom is 0.0414 e. The molecule has 2 aromatic carbocycles. The standard InChI is InChI=1S/C19H18N2/c20-18(19(10-11-19)15-7-2-1-3-8-15)17-13-21-12-14-6-4-5-9-16(14)17/h1-9,12-13,18H,10-11,20H2. The average Bonchev–Trinajstić information content (AvgIpc) is 3.36. The Morgan fingerprint density at radius 2 is 1.62 bits per heavy atom. The van der Waals surface area contributed by atoms with Crippen molar-refractivity contribution in [1.29, 1.82) is 0 Å². The van der Waals surface area contributed by atoms with E-state index in [2.05, 4.69) is 53.5 Å². The predicted molar refractivity (Wildman–Crippen MR) is 86.0 cm³/mol. The molecule has 0 bridgehead atoms. The number of aromatic nitrogens is 1. The summed E-state index contributed by atoms with van der Waals surface area (Å²) >= 11 is 0. The van der Waals surface area contributed by atoms with Crippen molar-refractivity contribution in [3.8, 4) is 0 Å². The Morgan fingerprint density at radius 3 is 2.38 bits per heavy atom. The van der Waals surface area contributed by atoms with Crippen LogP contribution in [0.5, 0.6) is 0 Å². The lowest BCUT2D eigenvalue weighted by Crippen LogP contribution is -2.26. The number of rotatable bonds is 3. The maximum absolute atomic E-state index is 6.69. The van der Waals surface area contributed by atoms with Gasteiger partial charge < -0.3 is 5.73 Å². The molecule has 4 rings (SSSR count). The lowest BCUT2D eigenvalue weighted by molar-refractivity contribution is 0.543. The minimum atomic E-state index is -0.00139. The first-order valence-corrected chi connectivity index (χ1v) is 7.45. The van der Waals surface area contributed by atoms with E-state index in [1.165, 1.54) is 10.9 Å². The molecule has 1 heterocycles. The molecule has 1 saturated carbocycles. The topological polar surface area (TPSA) is 38.9 Å². The number of pyridine rings is 1. The fraction of sp³-hybridized carbons (Fsp3) is 0.211. The Bertz CT molecular complexity index is 770. The van der Waals surface area contributed by atoms with Gasteiger partial charge in [0.2, 0.25) is 0 Å². The molecule has 1 fully saturated rings. The summed E-state index contributed by atoms with van der Waals surface area (Å²) in [6.45, 7) is 0. The number of nitrogens with zero attached hydrogens (tertiary/aromatic N) is 1. The molecule has 21 heavy (non-hydrogen) atoms. The summed E-state index contributed by atoms with van der Waals surface area (Å²) in [7, 11) is 0. The smallest absolute Gasteiger partial charge is 0.0414 e. The van der Waals surface area contributed by atoms with E-state index in [9.17, 15) is 0 Å². The number of fused-ring (bicyclic) bond motifs is 1. The number of benzene rings is 2. The van der Waals surface area contributed by atoms with E-state index in [1.807, 2.05) is 18.5 Å². The highest BCUT2D eigenvalue weighted by Crippen LogP contribution is 2.56. The van der Waals surface area contributed by atoms with Gasteiger partial charge in [0.25, 0.3) is 0 Å². The van der Waals surface area contributed by atoms with E-state index in [-0.39, 0.29) is 11.5 Å². The van der Waals surface area contributed by atoms with Crippen molar-refractivity contribution in [1.82, 2.24) is 4.98 Å². The van der Waals surface area contributed by atoms with Gasteiger partial charge in [0.15, 0.2) is 0 Å². The third-order valence-corrected chi connectivity index (χ3v) is 4.77. The Labute approximate surface area is 124 Å². The van der Waals surface area contributed by atoms with Crippen molar-refractivity contribution in [3.05, 3.63) is 78.1 Å². The van der Waals surface area contributed by atoms with Crippen LogP contribution in [0.2, 0.25) is 0 Å². The summed E-state index contributed by atoms with van der Waals surface area (Å²) in [5.74, 6) is 0. The molecule has 0 amide bonds. The molecular formula is C19H18N2. The molecule has 2 nitrogen and oxygen atoms in total. The van der Waals surface area contributed by atoms with Crippen molar-refractivity contribution in [2.24, 2.45) is 5.73 Å². The van der Waals surface area contributed by atoms with Gasteiger partial charge in [-0.05, 0) is 29.4 Å². The van der Waals surface area contributed by atoms with E-state index in [4.69, 9.17) is 5.73 Å². The van der Waals surface area contributed by atoms with Gasteiger partial charge in [-0.2, -0.15) is 0 Å². The first-order chi connectivity index (χ1) is 10.3. The SMILES string of the molecule is NC(c1cncc2ccccc12)C1(c2ccccc2)CC1. The largest absolute Gasteiger partial charge is 0.323 e.